The van der Waals surface area contributed by atoms with Crippen LogP contribution in [0.25, 0.3) is 0 Å². The van der Waals surface area contributed by atoms with Crippen LogP contribution in [0.3, 0.4) is 0 Å². The number of hydrogen-bond acceptors (Lipinski definition) is 3. The molecule has 1 unspecified atom stereocenters. The Balaban J connectivity index is 1.56. The first-order valence-electron chi connectivity index (χ1n) is 8.87. The van der Waals surface area contributed by atoms with Crippen molar-refractivity contribution >= 4 is 29.3 Å². The van der Waals surface area contributed by atoms with Crippen LogP contribution in [0, 0.1) is 0 Å². The SMILES string of the molecule is O=C(Nc1ccc(Oc2ccc(Cl)cc2)cc1)NC(Cc1ccccc1)C(=O)O. The number of rotatable bonds is 7. The second kappa shape index (κ2) is 9.61. The largest absolute Gasteiger partial charge is 0.480 e. The number of hydrogen-bond donors (Lipinski definition) is 3. The minimum absolute atomic E-state index is 0.192. The number of amides is 2. The van der Waals surface area contributed by atoms with Gasteiger partial charge in [-0.15, -0.1) is 0 Å². The number of nitrogens with one attached hydrogen (secondary N) is 2. The fourth-order valence-electron chi connectivity index (χ4n) is 2.62. The summed E-state index contributed by atoms with van der Waals surface area (Å²) in [6.45, 7) is 0. The smallest absolute Gasteiger partial charge is 0.326 e. The molecule has 0 aliphatic heterocycles. The number of urea groups is 1. The predicted octanol–water partition coefficient (Wildman–Crippen LogP) is 4.95. The molecule has 7 heteroatoms. The lowest BCUT2D eigenvalue weighted by Gasteiger charge is -2.15. The van der Waals surface area contributed by atoms with Gasteiger partial charge in [-0.2, -0.15) is 0 Å². The van der Waals surface area contributed by atoms with Gasteiger partial charge in [0.25, 0.3) is 0 Å². The number of carboxylic acids is 1. The first-order valence-corrected chi connectivity index (χ1v) is 9.25. The highest BCUT2D eigenvalue weighted by Gasteiger charge is 2.20. The molecule has 3 aromatic carbocycles. The van der Waals surface area contributed by atoms with Crippen molar-refractivity contribution in [1.82, 2.24) is 5.32 Å². The second-order valence-corrected chi connectivity index (χ2v) is 6.70. The number of carbonyl (C=O) groups excluding carboxylic acids is 1. The summed E-state index contributed by atoms with van der Waals surface area (Å²) < 4.78 is 5.69. The van der Waals surface area contributed by atoms with E-state index in [1.54, 1.807) is 48.5 Å². The van der Waals surface area contributed by atoms with E-state index in [1.165, 1.54) is 0 Å². The zero-order chi connectivity index (χ0) is 20.6. The molecule has 1 atom stereocenters. The summed E-state index contributed by atoms with van der Waals surface area (Å²) in [5.41, 5.74) is 1.33. The van der Waals surface area contributed by atoms with Crippen LogP contribution >= 0.6 is 11.6 Å². The van der Waals surface area contributed by atoms with Crippen LogP contribution in [-0.4, -0.2) is 23.1 Å². The molecule has 3 rings (SSSR count). The molecule has 148 valence electrons. The molecule has 6 nitrogen and oxygen atoms in total. The highest BCUT2D eigenvalue weighted by molar-refractivity contribution is 6.30. The minimum atomic E-state index is -1.10. The number of aliphatic carboxylic acids is 1. The summed E-state index contributed by atoms with van der Waals surface area (Å²) in [6.07, 6.45) is 0.192. The minimum Gasteiger partial charge on any atom is -0.480 e. The summed E-state index contributed by atoms with van der Waals surface area (Å²) in [4.78, 5) is 23.7. The molecular formula is C22H19ClN2O4. The normalized spacial score (nSPS) is 11.3. The predicted molar refractivity (Wildman–Crippen MR) is 112 cm³/mol. The molecule has 29 heavy (non-hydrogen) atoms. The lowest BCUT2D eigenvalue weighted by Crippen LogP contribution is -2.44. The van der Waals surface area contributed by atoms with E-state index in [0.717, 1.165) is 5.56 Å². The van der Waals surface area contributed by atoms with Crippen LogP contribution in [0.4, 0.5) is 10.5 Å². The van der Waals surface area contributed by atoms with Gasteiger partial charge in [0.1, 0.15) is 17.5 Å². The molecule has 3 aromatic rings. The van der Waals surface area contributed by atoms with Crippen LogP contribution < -0.4 is 15.4 Å². The third kappa shape index (κ3) is 6.26. The van der Waals surface area contributed by atoms with E-state index < -0.39 is 18.0 Å². The second-order valence-electron chi connectivity index (χ2n) is 6.26. The van der Waals surface area contributed by atoms with Gasteiger partial charge >= 0.3 is 12.0 Å². The maximum atomic E-state index is 12.2. The van der Waals surface area contributed by atoms with E-state index in [2.05, 4.69) is 10.6 Å². The molecule has 0 aliphatic carbocycles. The summed E-state index contributed by atoms with van der Waals surface area (Å²) in [5.74, 6) is 0.125. The number of carbonyl (C=O) groups is 2. The standard InChI is InChI=1S/C22H19ClN2O4/c23-16-6-10-18(11-7-16)29-19-12-8-17(9-13-19)24-22(28)25-20(21(26)27)14-15-4-2-1-3-5-15/h1-13,20H,14H2,(H,26,27)(H2,24,25,28). The maximum Gasteiger partial charge on any atom is 0.326 e. The van der Waals surface area contributed by atoms with Crippen molar-refractivity contribution in [3.8, 4) is 11.5 Å². The third-order valence-corrected chi connectivity index (χ3v) is 4.30. The Kier molecular flexibility index (Phi) is 6.71. The van der Waals surface area contributed by atoms with Crippen molar-refractivity contribution in [2.75, 3.05) is 5.32 Å². The molecule has 0 radical (unpaired) electrons. The molecule has 0 bridgehead atoms. The zero-order valence-corrected chi connectivity index (χ0v) is 16.1. The van der Waals surface area contributed by atoms with Crippen molar-refractivity contribution in [1.29, 1.82) is 0 Å². The molecular weight excluding hydrogens is 392 g/mol. The molecule has 2 amide bonds. The molecule has 0 aliphatic rings. The van der Waals surface area contributed by atoms with Crippen molar-refractivity contribution in [3.05, 3.63) is 89.4 Å². The Morgan fingerprint density at radius 3 is 2.07 bits per heavy atom. The molecule has 0 aromatic heterocycles. The van der Waals surface area contributed by atoms with E-state index in [9.17, 15) is 14.7 Å². The Morgan fingerprint density at radius 2 is 1.48 bits per heavy atom. The summed E-state index contributed by atoms with van der Waals surface area (Å²) in [5, 5.41) is 15.1. The summed E-state index contributed by atoms with van der Waals surface area (Å²) >= 11 is 5.85. The van der Waals surface area contributed by atoms with E-state index in [1.807, 2.05) is 30.3 Å². The molecule has 0 saturated carbocycles. The zero-order valence-electron chi connectivity index (χ0n) is 15.3. The van der Waals surface area contributed by atoms with Crippen LogP contribution in [0.1, 0.15) is 5.56 Å². The average Bonchev–Trinajstić information content (AvgIpc) is 2.71. The van der Waals surface area contributed by atoms with Crippen molar-refractivity contribution in [2.45, 2.75) is 12.5 Å². The van der Waals surface area contributed by atoms with Crippen molar-refractivity contribution < 1.29 is 19.4 Å². The fourth-order valence-corrected chi connectivity index (χ4v) is 2.75. The van der Waals surface area contributed by atoms with Crippen molar-refractivity contribution in [3.63, 3.8) is 0 Å². The third-order valence-electron chi connectivity index (χ3n) is 4.05. The highest BCUT2D eigenvalue weighted by Crippen LogP contribution is 2.24. The van der Waals surface area contributed by atoms with Gasteiger partial charge in [0.2, 0.25) is 0 Å². The van der Waals surface area contributed by atoms with E-state index in [4.69, 9.17) is 16.3 Å². The van der Waals surface area contributed by atoms with Gasteiger partial charge in [-0.05, 0) is 54.1 Å². The fraction of sp³-hybridized carbons (Fsp3) is 0.0909. The number of halogens is 1. The first-order chi connectivity index (χ1) is 14.0. The van der Waals surface area contributed by atoms with Crippen LogP contribution in [0.5, 0.6) is 11.5 Å². The maximum absolute atomic E-state index is 12.2. The van der Waals surface area contributed by atoms with Crippen LogP contribution in [0.2, 0.25) is 5.02 Å². The van der Waals surface area contributed by atoms with Crippen LogP contribution in [0.15, 0.2) is 78.9 Å². The number of anilines is 1. The van der Waals surface area contributed by atoms with Gasteiger partial charge in [-0.3, -0.25) is 0 Å². The van der Waals surface area contributed by atoms with Gasteiger partial charge in [0.15, 0.2) is 0 Å². The lowest BCUT2D eigenvalue weighted by molar-refractivity contribution is -0.139. The average molecular weight is 411 g/mol. The highest BCUT2D eigenvalue weighted by atomic mass is 35.5. The van der Waals surface area contributed by atoms with Gasteiger partial charge in [0, 0.05) is 17.1 Å². The summed E-state index contributed by atoms with van der Waals surface area (Å²) in [7, 11) is 0. The molecule has 0 saturated heterocycles. The quantitative estimate of drug-likeness (QED) is 0.514. The van der Waals surface area contributed by atoms with E-state index >= 15 is 0 Å². The Morgan fingerprint density at radius 1 is 0.897 bits per heavy atom. The molecule has 0 heterocycles. The van der Waals surface area contributed by atoms with Crippen LogP contribution in [-0.2, 0) is 11.2 Å². The van der Waals surface area contributed by atoms with Gasteiger partial charge in [-0.25, -0.2) is 9.59 Å². The molecule has 0 spiro atoms. The lowest BCUT2D eigenvalue weighted by atomic mass is 10.1. The van der Waals surface area contributed by atoms with Gasteiger partial charge < -0.3 is 20.5 Å². The van der Waals surface area contributed by atoms with Gasteiger partial charge in [-0.1, -0.05) is 41.9 Å². The molecule has 0 fully saturated rings. The topological polar surface area (TPSA) is 87.7 Å². The monoisotopic (exact) mass is 410 g/mol. The summed E-state index contributed by atoms with van der Waals surface area (Å²) in [6, 6.07) is 21.2. The Hall–Kier alpha value is -3.51. The first kappa shape index (κ1) is 20.2. The Bertz CT molecular complexity index is 960. The number of carboxylic acid groups (broad SMARTS) is 1. The van der Waals surface area contributed by atoms with Crippen molar-refractivity contribution in [2.24, 2.45) is 0 Å². The number of benzene rings is 3. The Labute approximate surface area is 173 Å². The number of ether oxygens (including phenoxy) is 1. The van der Waals surface area contributed by atoms with E-state index in [0.29, 0.717) is 22.2 Å². The van der Waals surface area contributed by atoms with Gasteiger partial charge in [0.05, 0.1) is 0 Å². The molecule has 3 N–H and O–H groups in total. The van der Waals surface area contributed by atoms with E-state index in [-0.39, 0.29) is 6.42 Å².